The third-order valence-corrected chi connectivity index (χ3v) is 1.14. The van der Waals surface area contributed by atoms with Gasteiger partial charge in [-0.2, -0.15) is 13.0 Å². The van der Waals surface area contributed by atoms with Gasteiger partial charge in [-0.25, -0.2) is 0 Å². The van der Waals surface area contributed by atoms with E-state index in [0.717, 1.165) is 5.92 Å². The smallest absolute Gasteiger partial charge is 0.680 e. The van der Waals surface area contributed by atoms with Crippen molar-refractivity contribution >= 4 is 0 Å². The molecule has 0 aliphatic heterocycles. The van der Waals surface area contributed by atoms with E-state index in [9.17, 15) is 0 Å². The first-order valence-electron chi connectivity index (χ1n) is 2.97. The Morgan fingerprint density at radius 2 is 1.22 bits per heavy atom. The van der Waals surface area contributed by atoms with Crippen LogP contribution in [0.2, 0.25) is 0 Å². The van der Waals surface area contributed by atoms with Gasteiger partial charge in [-0.15, -0.1) is 0 Å². The van der Waals surface area contributed by atoms with E-state index in [1.165, 1.54) is 7.05 Å². The van der Waals surface area contributed by atoms with Crippen molar-refractivity contribution in [2.75, 3.05) is 7.05 Å². The van der Waals surface area contributed by atoms with Gasteiger partial charge in [0.1, 0.15) is 0 Å². The first-order valence-corrected chi connectivity index (χ1v) is 2.97. The van der Waals surface area contributed by atoms with Crippen molar-refractivity contribution in [3.05, 3.63) is 12.7 Å². The molecule has 0 aromatic rings. The maximum atomic E-state index is 5.75. The minimum atomic E-state index is 0. The molecule has 0 saturated heterocycles. The van der Waals surface area contributed by atoms with E-state index in [4.69, 9.17) is 5.73 Å². The molecule has 0 spiro atoms. The average molecular weight is 353 g/mol. The fourth-order valence-electron chi connectivity index (χ4n) is 0. The number of rotatable bonds is 1. The molecule has 0 rings (SSSR count). The van der Waals surface area contributed by atoms with Crippen molar-refractivity contribution in [1.29, 1.82) is 0 Å². The summed E-state index contributed by atoms with van der Waals surface area (Å²) in [5.41, 5.74) is 5.75. The zero-order valence-electron chi connectivity index (χ0n) is 6.86. The molecule has 1 N–H and O–H groups in total. The molecule has 9 heavy (non-hydrogen) atoms. The monoisotopic (exact) mass is 353 g/mol. The van der Waals surface area contributed by atoms with Crippen LogP contribution in [0.4, 0.5) is 0 Å². The Morgan fingerprint density at radius 1 is 1.11 bits per heavy atom. The van der Waals surface area contributed by atoms with E-state index in [1.807, 2.05) is 0 Å². The van der Waals surface area contributed by atoms with Gasteiger partial charge in [0.2, 0.25) is 0 Å². The van der Waals surface area contributed by atoms with Gasteiger partial charge in [0.25, 0.3) is 0 Å². The molecular weight excluding hydrogens is 336 g/mol. The summed E-state index contributed by atoms with van der Waals surface area (Å²) in [7, 11) is 1.25. The summed E-state index contributed by atoms with van der Waals surface area (Å²) < 4.78 is 0. The molecule has 0 saturated carbocycles. The number of hydrogen-bond acceptors (Lipinski definition) is 0. The molecule has 0 aliphatic rings. The predicted molar refractivity (Wildman–Crippen MR) is 39.6 cm³/mol. The zero-order valence-corrected chi connectivity index (χ0v) is 11.0. The van der Waals surface area contributed by atoms with Crippen molar-refractivity contribution in [2.24, 2.45) is 11.8 Å². The van der Waals surface area contributed by atoms with Crippen LogP contribution < -0.4 is 0 Å². The fraction of sp³-hybridized carbons (Fsp3) is 0.857. The summed E-state index contributed by atoms with van der Waals surface area (Å²) in [5.74, 6) is 1.34. The third-order valence-electron chi connectivity index (χ3n) is 1.14. The minimum Gasteiger partial charge on any atom is -0.680 e. The van der Waals surface area contributed by atoms with E-state index in [0.29, 0.717) is 5.92 Å². The minimum absolute atomic E-state index is 0. The molecule has 0 heterocycles. The topological polar surface area (TPSA) is 23.8 Å². The first kappa shape index (κ1) is 16.5. The molecule has 0 bridgehead atoms. The second kappa shape index (κ2) is 11.8. The molecule has 1 nitrogen and oxygen atoms in total. The van der Waals surface area contributed by atoms with Crippen LogP contribution in [-0.4, -0.2) is 7.05 Å². The largest absolute Gasteiger partial charge is 3.00 e. The Balaban J connectivity index is -0.000000109. The van der Waals surface area contributed by atoms with Gasteiger partial charge >= 0.3 is 31.1 Å². The molecule has 0 aromatic heterocycles. The molecule has 0 amide bonds. The van der Waals surface area contributed by atoms with Crippen molar-refractivity contribution in [3.8, 4) is 0 Å². The van der Waals surface area contributed by atoms with E-state index in [1.54, 1.807) is 0 Å². The van der Waals surface area contributed by atoms with Gasteiger partial charge < -0.3 is 12.7 Å². The second-order valence-corrected chi connectivity index (χ2v) is 2.22. The van der Waals surface area contributed by atoms with E-state index < -0.39 is 0 Å². The summed E-state index contributed by atoms with van der Waals surface area (Å²) in [5, 5.41) is 0. The molecule has 2 heteroatoms. The quantitative estimate of drug-likeness (QED) is 0.648. The molecule has 0 aromatic carbocycles. The normalized spacial score (nSPS) is 11.0. The predicted octanol–water partition coefficient (Wildman–Crippen LogP) is 2.78. The van der Waals surface area contributed by atoms with Crippen molar-refractivity contribution < 1.29 is 31.1 Å². The van der Waals surface area contributed by atoms with E-state index >= 15 is 0 Å². The Hall–Kier alpha value is 1.01. The van der Waals surface area contributed by atoms with Crippen LogP contribution in [0.5, 0.6) is 0 Å². The number of nitrogens with one attached hydrogen (secondary N) is 1. The maximum Gasteiger partial charge on any atom is 3.00 e. The van der Waals surface area contributed by atoms with Gasteiger partial charge in [0.05, 0.1) is 0 Å². The summed E-state index contributed by atoms with van der Waals surface area (Å²) in [6.07, 6.45) is 0. The molecule has 53 valence electrons. The summed E-state index contributed by atoms with van der Waals surface area (Å²) in [4.78, 5) is 0. The molecular formula is C7H17NU+. The van der Waals surface area contributed by atoms with Crippen LogP contribution in [0.25, 0.3) is 5.73 Å². The van der Waals surface area contributed by atoms with Crippen LogP contribution in [0.3, 0.4) is 0 Å². The standard InChI is InChI=1S/C6H13.CH4N.U/c1-5(2)6(3)4;1-2;/h5-6H,1H2,2-4H3;2H,1H3;/q2*-1;+3. The van der Waals surface area contributed by atoms with Crippen LogP contribution >= 0.6 is 0 Å². The van der Waals surface area contributed by atoms with Gasteiger partial charge in [-0.3, -0.25) is 0 Å². The summed E-state index contributed by atoms with van der Waals surface area (Å²) in [6, 6.07) is 0. The summed E-state index contributed by atoms with van der Waals surface area (Å²) in [6.45, 7) is 10.3. The molecule has 1 radical (unpaired) electrons. The fourth-order valence-corrected chi connectivity index (χ4v) is 0. The van der Waals surface area contributed by atoms with Gasteiger partial charge in [0, 0.05) is 0 Å². The first-order chi connectivity index (χ1) is 3.64. The Kier molecular flexibility index (Phi) is 21.6. The van der Waals surface area contributed by atoms with Crippen molar-refractivity contribution in [2.45, 2.75) is 20.8 Å². The van der Waals surface area contributed by atoms with E-state index in [-0.39, 0.29) is 31.1 Å². The third kappa shape index (κ3) is 17.6. The zero-order chi connectivity index (χ0) is 7.15. The Bertz CT molecular complexity index is 29.9. The Morgan fingerprint density at radius 3 is 1.22 bits per heavy atom. The summed E-state index contributed by atoms with van der Waals surface area (Å²) >= 11 is 0. The van der Waals surface area contributed by atoms with Crippen LogP contribution in [-0.2, 0) is 0 Å². The maximum absolute atomic E-state index is 5.75. The molecule has 0 fully saturated rings. The van der Waals surface area contributed by atoms with Gasteiger partial charge in [-0.1, -0.05) is 26.7 Å². The molecule has 0 aliphatic carbocycles. The molecule has 1 unspecified atom stereocenters. The average Bonchev–Trinajstić information content (AvgIpc) is 1.72. The second-order valence-electron chi connectivity index (χ2n) is 2.22. The van der Waals surface area contributed by atoms with Gasteiger partial charge in [-0.05, 0) is 0 Å². The van der Waals surface area contributed by atoms with Crippen LogP contribution in [0.1, 0.15) is 20.8 Å². The van der Waals surface area contributed by atoms with Crippen molar-refractivity contribution in [3.63, 3.8) is 0 Å². The van der Waals surface area contributed by atoms with Crippen LogP contribution in [0.15, 0.2) is 0 Å². The number of hydrogen-bond donors (Lipinski definition) is 0. The SMILES string of the molecule is C[NH-].[CH2-]C(C)C(C)C.[U+3]. The van der Waals surface area contributed by atoms with Gasteiger partial charge in [0.15, 0.2) is 0 Å². The Labute approximate surface area is 83.2 Å². The van der Waals surface area contributed by atoms with Crippen molar-refractivity contribution in [1.82, 2.24) is 0 Å². The molecule has 1 atom stereocenters. The van der Waals surface area contributed by atoms with E-state index in [2.05, 4.69) is 27.7 Å². The van der Waals surface area contributed by atoms with Crippen LogP contribution in [0, 0.1) is 49.9 Å².